The molecule has 0 aliphatic carbocycles. The second-order valence-electron chi connectivity index (χ2n) is 8.20. The molecule has 0 saturated carbocycles. The van der Waals surface area contributed by atoms with Crippen molar-refractivity contribution in [1.82, 2.24) is 30.4 Å². The van der Waals surface area contributed by atoms with Gasteiger partial charge in [-0.25, -0.2) is 9.97 Å². The SMILES string of the molecule is Nc1nnc(-c2ccccc2)c(-c2ccccc2)n1.Nc1nnc(-c2ccccc2)c(-c2ccccc2)n1. The van der Waals surface area contributed by atoms with Crippen molar-refractivity contribution in [1.29, 1.82) is 0 Å². The smallest absolute Gasteiger partial charge is 0.240 e. The van der Waals surface area contributed by atoms with Gasteiger partial charge in [-0.3, -0.25) is 0 Å². The van der Waals surface area contributed by atoms with Crippen LogP contribution >= 0.6 is 0 Å². The molecule has 2 heterocycles. The minimum atomic E-state index is 0.179. The maximum absolute atomic E-state index is 5.66. The highest BCUT2D eigenvalue weighted by Gasteiger charge is 2.13. The molecule has 0 bridgehead atoms. The van der Waals surface area contributed by atoms with Gasteiger partial charge in [0.25, 0.3) is 0 Å². The number of hydrogen-bond donors (Lipinski definition) is 2. The average Bonchev–Trinajstić information content (AvgIpc) is 2.99. The van der Waals surface area contributed by atoms with E-state index < -0.39 is 0 Å². The summed E-state index contributed by atoms with van der Waals surface area (Å²) in [6.45, 7) is 0. The zero-order valence-corrected chi connectivity index (χ0v) is 20.4. The third-order valence-electron chi connectivity index (χ3n) is 5.60. The van der Waals surface area contributed by atoms with Gasteiger partial charge in [-0.1, -0.05) is 121 Å². The van der Waals surface area contributed by atoms with Crippen molar-refractivity contribution < 1.29 is 0 Å². The van der Waals surface area contributed by atoms with Gasteiger partial charge in [0.1, 0.15) is 22.8 Å². The number of anilines is 2. The first-order valence-corrected chi connectivity index (χ1v) is 11.9. The number of rotatable bonds is 4. The molecule has 4 aromatic carbocycles. The summed E-state index contributed by atoms with van der Waals surface area (Å²) in [5.74, 6) is 0.358. The van der Waals surface area contributed by atoms with Crippen LogP contribution in [-0.2, 0) is 0 Å². The van der Waals surface area contributed by atoms with Crippen LogP contribution < -0.4 is 11.5 Å². The van der Waals surface area contributed by atoms with Gasteiger partial charge in [0.15, 0.2) is 0 Å². The second kappa shape index (κ2) is 11.5. The fourth-order valence-electron chi connectivity index (χ4n) is 3.85. The van der Waals surface area contributed by atoms with E-state index in [2.05, 4.69) is 30.4 Å². The summed E-state index contributed by atoms with van der Waals surface area (Å²) in [5, 5.41) is 16.1. The zero-order chi connectivity index (χ0) is 26.2. The number of nitrogens with two attached hydrogens (primary N) is 2. The van der Waals surface area contributed by atoms with Crippen LogP contribution in [0.5, 0.6) is 0 Å². The Balaban J connectivity index is 0.000000155. The third-order valence-corrected chi connectivity index (χ3v) is 5.60. The van der Waals surface area contributed by atoms with Gasteiger partial charge in [-0.05, 0) is 0 Å². The monoisotopic (exact) mass is 496 g/mol. The molecular weight excluding hydrogens is 472 g/mol. The predicted molar refractivity (Wildman–Crippen MR) is 150 cm³/mol. The van der Waals surface area contributed by atoms with E-state index in [1.54, 1.807) is 0 Å². The molecule has 0 spiro atoms. The Bertz CT molecular complexity index is 1490. The minimum absolute atomic E-state index is 0.179. The summed E-state index contributed by atoms with van der Waals surface area (Å²) in [6, 6.07) is 39.4. The number of aromatic nitrogens is 6. The van der Waals surface area contributed by atoms with E-state index >= 15 is 0 Å². The Morgan fingerprint density at radius 2 is 0.579 bits per heavy atom. The van der Waals surface area contributed by atoms with Crippen molar-refractivity contribution in [2.24, 2.45) is 0 Å². The molecule has 8 heteroatoms. The van der Waals surface area contributed by atoms with Crippen LogP contribution in [0, 0.1) is 0 Å². The molecule has 0 atom stereocenters. The van der Waals surface area contributed by atoms with E-state index in [1.165, 1.54) is 0 Å². The molecule has 6 rings (SSSR count). The van der Waals surface area contributed by atoms with Crippen LogP contribution in [0.4, 0.5) is 11.9 Å². The van der Waals surface area contributed by atoms with Crippen molar-refractivity contribution in [3.8, 4) is 45.0 Å². The molecule has 38 heavy (non-hydrogen) atoms. The standard InChI is InChI=1S/2C15H12N4/c2*16-15-17-13(11-7-3-1-4-8-11)14(18-19-15)12-9-5-2-6-10-12/h2*1-10H,(H2,16,17,19). The van der Waals surface area contributed by atoms with Crippen LogP contribution in [-0.4, -0.2) is 30.4 Å². The number of benzene rings is 4. The quantitative estimate of drug-likeness (QED) is 0.324. The van der Waals surface area contributed by atoms with Gasteiger partial charge >= 0.3 is 0 Å². The summed E-state index contributed by atoms with van der Waals surface area (Å²) in [4.78, 5) is 8.65. The van der Waals surface area contributed by atoms with Gasteiger partial charge in [0, 0.05) is 22.3 Å². The molecule has 4 N–H and O–H groups in total. The highest BCUT2D eigenvalue weighted by Crippen LogP contribution is 2.29. The van der Waals surface area contributed by atoms with E-state index in [4.69, 9.17) is 11.5 Å². The molecule has 0 fully saturated rings. The van der Waals surface area contributed by atoms with Gasteiger partial charge in [0.05, 0.1) is 0 Å². The maximum atomic E-state index is 5.66. The van der Waals surface area contributed by atoms with Crippen molar-refractivity contribution in [3.63, 3.8) is 0 Å². The molecule has 6 aromatic rings. The zero-order valence-electron chi connectivity index (χ0n) is 20.4. The fraction of sp³-hybridized carbons (Fsp3) is 0. The molecule has 0 saturated heterocycles. The van der Waals surface area contributed by atoms with Gasteiger partial charge in [-0.2, -0.15) is 0 Å². The molecule has 0 radical (unpaired) electrons. The van der Waals surface area contributed by atoms with E-state index in [1.807, 2.05) is 121 Å². The van der Waals surface area contributed by atoms with Gasteiger partial charge < -0.3 is 11.5 Å². The highest BCUT2D eigenvalue weighted by molar-refractivity contribution is 5.78. The lowest BCUT2D eigenvalue weighted by atomic mass is 10.0. The Kier molecular flexibility index (Phi) is 7.32. The molecule has 0 unspecified atom stereocenters. The largest absolute Gasteiger partial charge is 0.366 e. The Morgan fingerprint density at radius 3 is 0.868 bits per heavy atom. The Hall–Kier alpha value is -5.50. The van der Waals surface area contributed by atoms with Gasteiger partial charge in [0.2, 0.25) is 11.9 Å². The first-order chi connectivity index (χ1) is 18.7. The number of nitrogen functional groups attached to an aromatic ring is 2. The number of nitrogens with zero attached hydrogens (tertiary/aromatic N) is 6. The van der Waals surface area contributed by atoms with Crippen molar-refractivity contribution in [2.75, 3.05) is 11.5 Å². The molecule has 0 aliphatic rings. The molecular formula is C30H24N8. The van der Waals surface area contributed by atoms with Crippen LogP contribution in [0.1, 0.15) is 0 Å². The number of hydrogen-bond acceptors (Lipinski definition) is 8. The lowest BCUT2D eigenvalue weighted by Crippen LogP contribution is -2.02. The second-order valence-corrected chi connectivity index (χ2v) is 8.20. The summed E-state index contributed by atoms with van der Waals surface area (Å²) < 4.78 is 0. The lowest BCUT2D eigenvalue weighted by Gasteiger charge is -2.07. The van der Waals surface area contributed by atoms with Crippen LogP contribution in [0.3, 0.4) is 0 Å². The Morgan fingerprint density at radius 1 is 0.316 bits per heavy atom. The van der Waals surface area contributed by atoms with E-state index in [0.717, 1.165) is 45.0 Å². The maximum Gasteiger partial charge on any atom is 0.240 e. The normalized spacial score (nSPS) is 10.3. The first-order valence-electron chi connectivity index (χ1n) is 11.9. The van der Waals surface area contributed by atoms with Crippen molar-refractivity contribution in [2.45, 2.75) is 0 Å². The summed E-state index contributed by atoms with van der Waals surface area (Å²) in [7, 11) is 0. The van der Waals surface area contributed by atoms with Crippen LogP contribution in [0.2, 0.25) is 0 Å². The first kappa shape index (κ1) is 24.2. The van der Waals surface area contributed by atoms with Crippen molar-refractivity contribution >= 4 is 11.9 Å². The molecule has 8 nitrogen and oxygen atoms in total. The summed E-state index contributed by atoms with van der Waals surface area (Å²) >= 11 is 0. The van der Waals surface area contributed by atoms with E-state index in [9.17, 15) is 0 Å². The predicted octanol–water partition coefficient (Wildman–Crippen LogP) is 5.58. The van der Waals surface area contributed by atoms with Gasteiger partial charge in [-0.15, -0.1) is 20.4 Å². The summed E-state index contributed by atoms with van der Waals surface area (Å²) in [5.41, 5.74) is 18.2. The van der Waals surface area contributed by atoms with Crippen LogP contribution in [0.25, 0.3) is 45.0 Å². The molecule has 0 amide bonds. The molecule has 184 valence electrons. The average molecular weight is 497 g/mol. The van der Waals surface area contributed by atoms with Crippen LogP contribution in [0.15, 0.2) is 121 Å². The minimum Gasteiger partial charge on any atom is -0.366 e. The Labute approximate surface area is 220 Å². The highest BCUT2D eigenvalue weighted by atomic mass is 15.2. The molecule has 0 aliphatic heterocycles. The molecule has 2 aromatic heterocycles. The lowest BCUT2D eigenvalue weighted by molar-refractivity contribution is 0.997. The topological polar surface area (TPSA) is 129 Å². The fourth-order valence-corrected chi connectivity index (χ4v) is 3.85. The summed E-state index contributed by atoms with van der Waals surface area (Å²) in [6.07, 6.45) is 0. The van der Waals surface area contributed by atoms with E-state index in [-0.39, 0.29) is 11.9 Å². The van der Waals surface area contributed by atoms with Crippen molar-refractivity contribution in [3.05, 3.63) is 121 Å². The van der Waals surface area contributed by atoms with E-state index in [0.29, 0.717) is 0 Å². The third kappa shape index (κ3) is 5.66.